The van der Waals surface area contributed by atoms with E-state index in [1.807, 2.05) is 12.4 Å². The SMILES string of the molecule is Brc1cncc(/C=C2/CCCNCC2)c1. The van der Waals surface area contributed by atoms with Crippen LogP contribution in [-0.2, 0) is 0 Å². The number of hydrogen-bond donors (Lipinski definition) is 1. The Morgan fingerprint density at radius 1 is 1.27 bits per heavy atom. The van der Waals surface area contributed by atoms with Gasteiger partial charge in [0.2, 0.25) is 0 Å². The van der Waals surface area contributed by atoms with Gasteiger partial charge in [-0.1, -0.05) is 11.6 Å². The van der Waals surface area contributed by atoms with E-state index >= 15 is 0 Å². The predicted molar refractivity (Wildman–Crippen MR) is 66.6 cm³/mol. The third-order valence-electron chi connectivity index (χ3n) is 2.57. The van der Waals surface area contributed by atoms with Gasteiger partial charge in [0.25, 0.3) is 0 Å². The molecule has 0 saturated carbocycles. The third kappa shape index (κ3) is 3.43. The molecule has 0 atom stereocenters. The lowest BCUT2D eigenvalue weighted by atomic mass is 10.1. The van der Waals surface area contributed by atoms with E-state index < -0.39 is 0 Å². The van der Waals surface area contributed by atoms with Gasteiger partial charge in [-0.15, -0.1) is 0 Å². The summed E-state index contributed by atoms with van der Waals surface area (Å²) in [6.07, 6.45) is 9.61. The summed E-state index contributed by atoms with van der Waals surface area (Å²) in [6.45, 7) is 2.25. The molecule has 1 aromatic rings. The second kappa shape index (κ2) is 5.42. The Kier molecular flexibility index (Phi) is 3.92. The lowest BCUT2D eigenvalue weighted by Gasteiger charge is -2.02. The molecule has 0 unspecified atom stereocenters. The normalized spacial score (nSPS) is 20.2. The van der Waals surface area contributed by atoms with Crippen LogP contribution in [0.1, 0.15) is 24.8 Å². The molecule has 0 bridgehead atoms. The quantitative estimate of drug-likeness (QED) is 0.846. The fourth-order valence-corrected chi connectivity index (χ4v) is 2.21. The highest BCUT2D eigenvalue weighted by atomic mass is 79.9. The van der Waals surface area contributed by atoms with Crippen molar-refractivity contribution in [1.82, 2.24) is 10.3 Å². The maximum absolute atomic E-state index is 4.17. The van der Waals surface area contributed by atoms with E-state index in [0.29, 0.717) is 0 Å². The standard InChI is InChI=1S/C12H15BrN2/c13-12-7-11(8-15-9-12)6-10-2-1-4-14-5-3-10/h6-9,14H,1-5H2/b10-6-. The van der Waals surface area contributed by atoms with Crippen LogP contribution in [0.2, 0.25) is 0 Å². The van der Waals surface area contributed by atoms with Gasteiger partial charge >= 0.3 is 0 Å². The first-order valence-corrected chi connectivity index (χ1v) is 6.14. The number of hydrogen-bond acceptors (Lipinski definition) is 2. The minimum Gasteiger partial charge on any atom is -0.316 e. The van der Waals surface area contributed by atoms with Crippen molar-refractivity contribution in [3.05, 3.63) is 34.1 Å². The fraction of sp³-hybridized carbons (Fsp3) is 0.417. The van der Waals surface area contributed by atoms with Crippen molar-refractivity contribution in [3.8, 4) is 0 Å². The molecule has 1 aliphatic rings. The molecular formula is C12H15BrN2. The number of aromatic nitrogens is 1. The zero-order valence-electron chi connectivity index (χ0n) is 8.67. The van der Waals surface area contributed by atoms with Crippen LogP contribution in [0, 0.1) is 0 Å². The summed E-state index contributed by atoms with van der Waals surface area (Å²) in [5, 5.41) is 3.41. The minimum absolute atomic E-state index is 1.04. The van der Waals surface area contributed by atoms with Gasteiger partial charge in [-0.2, -0.15) is 0 Å². The van der Waals surface area contributed by atoms with Crippen LogP contribution in [0.3, 0.4) is 0 Å². The van der Waals surface area contributed by atoms with Crippen molar-refractivity contribution in [3.63, 3.8) is 0 Å². The molecule has 1 N–H and O–H groups in total. The Balaban J connectivity index is 2.13. The molecule has 2 heterocycles. The summed E-state index contributed by atoms with van der Waals surface area (Å²) in [5.41, 5.74) is 2.72. The molecule has 80 valence electrons. The number of nitrogens with one attached hydrogen (secondary N) is 1. The molecule has 2 rings (SSSR count). The molecule has 0 aliphatic carbocycles. The van der Waals surface area contributed by atoms with E-state index in [0.717, 1.165) is 24.0 Å². The molecule has 1 aliphatic heterocycles. The maximum Gasteiger partial charge on any atom is 0.0410 e. The largest absolute Gasteiger partial charge is 0.316 e. The Morgan fingerprint density at radius 2 is 2.20 bits per heavy atom. The number of pyridine rings is 1. The van der Waals surface area contributed by atoms with Crippen molar-refractivity contribution in [2.24, 2.45) is 0 Å². The molecule has 0 aromatic carbocycles. The Bertz CT molecular complexity index is 350. The van der Waals surface area contributed by atoms with Gasteiger partial charge < -0.3 is 5.32 Å². The second-order valence-electron chi connectivity index (χ2n) is 3.84. The molecule has 1 fully saturated rings. The molecule has 0 spiro atoms. The maximum atomic E-state index is 4.17. The van der Waals surface area contributed by atoms with Crippen LogP contribution in [0.5, 0.6) is 0 Å². The van der Waals surface area contributed by atoms with E-state index in [4.69, 9.17) is 0 Å². The van der Waals surface area contributed by atoms with Gasteiger partial charge in [-0.25, -0.2) is 0 Å². The lowest BCUT2D eigenvalue weighted by molar-refractivity contribution is 0.703. The Hall–Kier alpha value is -0.670. The van der Waals surface area contributed by atoms with Crippen LogP contribution in [-0.4, -0.2) is 18.1 Å². The average Bonchev–Trinajstić information content (AvgIpc) is 2.46. The molecule has 15 heavy (non-hydrogen) atoms. The number of nitrogens with zero attached hydrogens (tertiary/aromatic N) is 1. The Labute approximate surface area is 98.9 Å². The van der Waals surface area contributed by atoms with Crippen LogP contribution in [0.4, 0.5) is 0 Å². The van der Waals surface area contributed by atoms with Crippen LogP contribution in [0.25, 0.3) is 6.08 Å². The summed E-state index contributed by atoms with van der Waals surface area (Å²) in [6, 6.07) is 2.11. The molecular weight excluding hydrogens is 252 g/mol. The van der Waals surface area contributed by atoms with E-state index in [9.17, 15) is 0 Å². The average molecular weight is 267 g/mol. The van der Waals surface area contributed by atoms with Crippen LogP contribution in [0.15, 0.2) is 28.5 Å². The van der Waals surface area contributed by atoms with E-state index in [1.54, 1.807) is 0 Å². The first-order chi connectivity index (χ1) is 7.34. The minimum atomic E-state index is 1.04. The monoisotopic (exact) mass is 266 g/mol. The molecule has 0 amide bonds. The summed E-state index contributed by atoms with van der Waals surface area (Å²) in [7, 11) is 0. The smallest absolute Gasteiger partial charge is 0.0410 e. The van der Waals surface area contributed by atoms with Gasteiger partial charge in [0.15, 0.2) is 0 Å². The highest BCUT2D eigenvalue weighted by Crippen LogP contribution is 2.18. The van der Waals surface area contributed by atoms with Crippen molar-refractivity contribution < 1.29 is 0 Å². The summed E-state index contributed by atoms with van der Waals surface area (Å²) >= 11 is 3.44. The summed E-state index contributed by atoms with van der Waals surface area (Å²) in [4.78, 5) is 4.17. The van der Waals surface area contributed by atoms with E-state index in [-0.39, 0.29) is 0 Å². The highest BCUT2D eigenvalue weighted by Gasteiger charge is 2.03. The van der Waals surface area contributed by atoms with Crippen LogP contribution >= 0.6 is 15.9 Å². The molecule has 1 saturated heterocycles. The fourth-order valence-electron chi connectivity index (χ4n) is 1.83. The van der Waals surface area contributed by atoms with Crippen molar-refractivity contribution in [2.75, 3.05) is 13.1 Å². The second-order valence-corrected chi connectivity index (χ2v) is 4.76. The van der Waals surface area contributed by atoms with E-state index in [1.165, 1.54) is 24.0 Å². The van der Waals surface area contributed by atoms with E-state index in [2.05, 4.69) is 38.4 Å². The molecule has 0 radical (unpaired) electrons. The highest BCUT2D eigenvalue weighted by molar-refractivity contribution is 9.10. The van der Waals surface area contributed by atoms with Gasteiger partial charge in [-0.3, -0.25) is 4.98 Å². The van der Waals surface area contributed by atoms with Gasteiger partial charge in [0.05, 0.1) is 0 Å². The van der Waals surface area contributed by atoms with Crippen molar-refractivity contribution >= 4 is 22.0 Å². The van der Waals surface area contributed by atoms with Gasteiger partial charge in [0, 0.05) is 16.9 Å². The first-order valence-electron chi connectivity index (χ1n) is 5.35. The summed E-state index contributed by atoms with van der Waals surface area (Å²) in [5.74, 6) is 0. The lowest BCUT2D eigenvalue weighted by Crippen LogP contribution is -2.13. The molecule has 2 nitrogen and oxygen atoms in total. The first kappa shape index (κ1) is 10.8. The van der Waals surface area contributed by atoms with Gasteiger partial charge in [0.1, 0.15) is 0 Å². The zero-order valence-corrected chi connectivity index (χ0v) is 10.3. The molecule has 3 heteroatoms. The Morgan fingerprint density at radius 3 is 3.07 bits per heavy atom. The summed E-state index contributed by atoms with van der Waals surface area (Å²) < 4.78 is 1.04. The predicted octanol–water partition coefficient (Wildman–Crippen LogP) is 3.00. The number of halogens is 1. The van der Waals surface area contributed by atoms with Crippen molar-refractivity contribution in [1.29, 1.82) is 0 Å². The zero-order chi connectivity index (χ0) is 10.5. The number of rotatable bonds is 1. The van der Waals surface area contributed by atoms with Crippen LogP contribution < -0.4 is 5.32 Å². The third-order valence-corrected chi connectivity index (χ3v) is 3.00. The topological polar surface area (TPSA) is 24.9 Å². The molecule has 1 aromatic heterocycles. The van der Waals surface area contributed by atoms with Crippen molar-refractivity contribution in [2.45, 2.75) is 19.3 Å². The van der Waals surface area contributed by atoms with Gasteiger partial charge in [-0.05, 0) is 59.9 Å².